The average Bonchev–Trinajstić information content (AvgIpc) is 1.90. The standard InChI is InChI=1S/C7H17NO/c1-3-6(5-9)7(8)4-2/h6-7,9H,3-5,8H2,1-2H3. The number of aliphatic hydroxyl groups excluding tert-OH is 1. The van der Waals surface area contributed by atoms with Crippen LogP contribution < -0.4 is 5.73 Å². The molecule has 56 valence electrons. The van der Waals surface area contributed by atoms with Crippen molar-refractivity contribution < 1.29 is 5.11 Å². The molecule has 0 aliphatic carbocycles. The third-order valence-corrected chi connectivity index (χ3v) is 1.84. The minimum atomic E-state index is 0.181. The maximum absolute atomic E-state index is 8.75. The van der Waals surface area contributed by atoms with E-state index in [4.69, 9.17) is 10.8 Å². The molecule has 0 aromatic rings. The van der Waals surface area contributed by atoms with E-state index < -0.39 is 0 Å². The van der Waals surface area contributed by atoms with E-state index >= 15 is 0 Å². The Morgan fingerprint density at radius 1 is 1.33 bits per heavy atom. The van der Waals surface area contributed by atoms with Gasteiger partial charge in [0.1, 0.15) is 0 Å². The first-order chi connectivity index (χ1) is 4.26. The van der Waals surface area contributed by atoms with Gasteiger partial charge in [-0.2, -0.15) is 0 Å². The lowest BCUT2D eigenvalue weighted by atomic mass is 9.97. The molecule has 0 bridgehead atoms. The monoisotopic (exact) mass is 131 g/mol. The molecule has 0 amide bonds. The van der Waals surface area contributed by atoms with Crippen molar-refractivity contribution in [1.82, 2.24) is 0 Å². The van der Waals surface area contributed by atoms with Crippen LogP contribution in [-0.4, -0.2) is 17.8 Å². The zero-order valence-electron chi connectivity index (χ0n) is 6.30. The van der Waals surface area contributed by atoms with Crippen molar-refractivity contribution in [1.29, 1.82) is 0 Å². The fourth-order valence-corrected chi connectivity index (χ4v) is 0.901. The van der Waals surface area contributed by atoms with Crippen LogP contribution in [-0.2, 0) is 0 Å². The van der Waals surface area contributed by atoms with Crippen molar-refractivity contribution in [3.05, 3.63) is 0 Å². The Bertz CT molecular complexity index is 61.9. The summed E-state index contributed by atoms with van der Waals surface area (Å²) in [6, 6.07) is 0.181. The molecule has 9 heavy (non-hydrogen) atoms. The van der Waals surface area contributed by atoms with Gasteiger partial charge >= 0.3 is 0 Å². The molecule has 0 spiro atoms. The lowest BCUT2D eigenvalue weighted by molar-refractivity contribution is 0.198. The van der Waals surface area contributed by atoms with E-state index in [0.717, 1.165) is 12.8 Å². The highest BCUT2D eigenvalue weighted by molar-refractivity contribution is 4.68. The predicted octanol–water partition coefficient (Wildman–Crippen LogP) is 0.742. The van der Waals surface area contributed by atoms with Crippen LogP contribution >= 0.6 is 0 Å². The van der Waals surface area contributed by atoms with Crippen LogP contribution in [0.5, 0.6) is 0 Å². The second-order valence-electron chi connectivity index (χ2n) is 2.42. The van der Waals surface area contributed by atoms with Gasteiger partial charge < -0.3 is 10.8 Å². The van der Waals surface area contributed by atoms with E-state index in [9.17, 15) is 0 Å². The summed E-state index contributed by atoms with van der Waals surface area (Å²) in [5.41, 5.74) is 5.68. The first kappa shape index (κ1) is 8.92. The molecular weight excluding hydrogens is 114 g/mol. The molecule has 2 heteroatoms. The quantitative estimate of drug-likeness (QED) is 0.591. The summed E-state index contributed by atoms with van der Waals surface area (Å²) in [5, 5.41) is 8.75. The fourth-order valence-electron chi connectivity index (χ4n) is 0.901. The first-order valence-electron chi connectivity index (χ1n) is 3.62. The molecule has 0 radical (unpaired) electrons. The van der Waals surface area contributed by atoms with Gasteiger partial charge in [0.2, 0.25) is 0 Å². The molecule has 2 atom stereocenters. The summed E-state index contributed by atoms with van der Waals surface area (Å²) in [4.78, 5) is 0. The van der Waals surface area contributed by atoms with Gasteiger partial charge in [-0.15, -0.1) is 0 Å². The Hall–Kier alpha value is -0.0800. The van der Waals surface area contributed by atoms with Crippen molar-refractivity contribution >= 4 is 0 Å². The van der Waals surface area contributed by atoms with Crippen LogP contribution in [0.4, 0.5) is 0 Å². The second kappa shape index (κ2) is 4.77. The molecule has 0 heterocycles. The molecule has 3 N–H and O–H groups in total. The highest BCUT2D eigenvalue weighted by Gasteiger charge is 2.11. The molecule has 2 unspecified atom stereocenters. The minimum absolute atomic E-state index is 0.181. The molecule has 0 saturated carbocycles. The summed E-state index contributed by atoms with van der Waals surface area (Å²) in [7, 11) is 0. The molecule has 2 nitrogen and oxygen atoms in total. The third kappa shape index (κ3) is 2.82. The van der Waals surface area contributed by atoms with Crippen molar-refractivity contribution in [3.8, 4) is 0 Å². The third-order valence-electron chi connectivity index (χ3n) is 1.84. The first-order valence-corrected chi connectivity index (χ1v) is 3.62. The number of nitrogens with two attached hydrogens (primary N) is 1. The summed E-state index contributed by atoms with van der Waals surface area (Å²) < 4.78 is 0. The molecule has 0 aliphatic heterocycles. The lowest BCUT2D eigenvalue weighted by Gasteiger charge is -2.17. The average molecular weight is 131 g/mol. The molecule has 0 aromatic carbocycles. The highest BCUT2D eigenvalue weighted by atomic mass is 16.3. The van der Waals surface area contributed by atoms with Gasteiger partial charge in [0.15, 0.2) is 0 Å². The predicted molar refractivity (Wildman–Crippen MR) is 39.1 cm³/mol. The van der Waals surface area contributed by atoms with Crippen LogP contribution in [0.1, 0.15) is 26.7 Å². The number of hydrogen-bond donors (Lipinski definition) is 2. The smallest absolute Gasteiger partial charge is 0.0473 e. The number of aliphatic hydroxyl groups is 1. The summed E-state index contributed by atoms with van der Waals surface area (Å²) in [5.74, 6) is 0.301. The van der Waals surface area contributed by atoms with E-state index in [0.29, 0.717) is 5.92 Å². The normalized spacial score (nSPS) is 17.3. The van der Waals surface area contributed by atoms with Crippen LogP contribution in [0, 0.1) is 5.92 Å². The van der Waals surface area contributed by atoms with E-state index in [1.807, 2.05) is 6.92 Å². The largest absolute Gasteiger partial charge is 0.396 e. The second-order valence-corrected chi connectivity index (χ2v) is 2.42. The van der Waals surface area contributed by atoms with Crippen LogP contribution in [0.2, 0.25) is 0 Å². The Morgan fingerprint density at radius 2 is 1.89 bits per heavy atom. The molecule has 0 fully saturated rings. The van der Waals surface area contributed by atoms with Crippen LogP contribution in [0.3, 0.4) is 0 Å². The van der Waals surface area contributed by atoms with Crippen molar-refractivity contribution in [2.45, 2.75) is 32.7 Å². The van der Waals surface area contributed by atoms with Gasteiger partial charge in [0.05, 0.1) is 0 Å². The summed E-state index contributed by atoms with van der Waals surface area (Å²) in [6.45, 7) is 4.32. The van der Waals surface area contributed by atoms with E-state index in [1.54, 1.807) is 0 Å². The number of rotatable bonds is 4. The van der Waals surface area contributed by atoms with Gasteiger partial charge in [-0.05, 0) is 18.8 Å². The SMILES string of the molecule is CCC(N)C(CC)CO. The van der Waals surface area contributed by atoms with E-state index in [2.05, 4.69) is 6.92 Å². The lowest BCUT2D eigenvalue weighted by Crippen LogP contribution is -2.31. The molecule has 0 aliphatic rings. The van der Waals surface area contributed by atoms with Crippen molar-refractivity contribution in [2.24, 2.45) is 11.7 Å². The topological polar surface area (TPSA) is 46.2 Å². The maximum Gasteiger partial charge on any atom is 0.0473 e. The van der Waals surface area contributed by atoms with Gasteiger partial charge in [0, 0.05) is 12.6 Å². The molecular formula is C7H17NO. The summed E-state index contributed by atoms with van der Waals surface area (Å²) >= 11 is 0. The number of hydrogen-bond acceptors (Lipinski definition) is 2. The van der Waals surface area contributed by atoms with Gasteiger partial charge in [-0.1, -0.05) is 13.8 Å². The van der Waals surface area contributed by atoms with Crippen LogP contribution in [0.15, 0.2) is 0 Å². The Labute approximate surface area is 57.1 Å². The highest BCUT2D eigenvalue weighted by Crippen LogP contribution is 2.07. The van der Waals surface area contributed by atoms with E-state index in [1.165, 1.54) is 0 Å². The van der Waals surface area contributed by atoms with Gasteiger partial charge in [-0.3, -0.25) is 0 Å². The Kier molecular flexibility index (Phi) is 4.72. The van der Waals surface area contributed by atoms with Gasteiger partial charge in [-0.25, -0.2) is 0 Å². The van der Waals surface area contributed by atoms with Crippen molar-refractivity contribution in [3.63, 3.8) is 0 Å². The van der Waals surface area contributed by atoms with Crippen molar-refractivity contribution in [2.75, 3.05) is 6.61 Å². The van der Waals surface area contributed by atoms with E-state index in [-0.39, 0.29) is 12.6 Å². The molecule has 0 aromatic heterocycles. The maximum atomic E-state index is 8.75. The Balaban J connectivity index is 3.50. The minimum Gasteiger partial charge on any atom is -0.396 e. The Morgan fingerprint density at radius 3 is 2.00 bits per heavy atom. The zero-order valence-corrected chi connectivity index (χ0v) is 6.30. The van der Waals surface area contributed by atoms with Gasteiger partial charge in [0.25, 0.3) is 0 Å². The zero-order chi connectivity index (χ0) is 7.28. The molecule has 0 rings (SSSR count). The fraction of sp³-hybridized carbons (Fsp3) is 1.00. The summed E-state index contributed by atoms with van der Waals surface area (Å²) in [6.07, 6.45) is 1.94. The van der Waals surface area contributed by atoms with Crippen LogP contribution in [0.25, 0.3) is 0 Å². The molecule has 0 saturated heterocycles.